The third-order valence-electron chi connectivity index (χ3n) is 2.33. The number of ether oxygens (including phenoxy) is 2. The molecule has 0 amide bonds. The average Bonchev–Trinajstić information content (AvgIpc) is 2.13. The minimum Gasteiger partial charge on any atom is -0.496 e. The predicted molar refractivity (Wildman–Crippen MR) is 55.3 cm³/mol. The van der Waals surface area contributed by atoms with Gasteiger partial charge in [0.1, 0.15) is 12.7 Å². The van der Waals surface area contributed by atoms with Gasteiger partial charge in [-0.1, -0.05) is 13.8 Å². The van der Waals surface area contributed by atoms with Gasteiger partial charge in [-0.25, -0.2) is 0 Å². The van der Waals surface area contributed by atoms with E-state index < -0.39 is 12.2 Å². The summed E-state index contributed by atoms with van der Waals surface area (Å²) in [6.07, 6.45) is -0.140. The van der Waals surface area contributed by atoms with E-state index in [1.165, 1.54) is 6.08 Å². The summed E-state index contributed by atoms with van der Waals surface area (Å²) in [5.41, 5.74) is 0. The highest BCUT2D eigenvalue weighted by atomic mass is 16.5. The molecule has 4 heteroatoms. The maximum atomic E-state index is 11.7. The van der Waals surface area contributed by atoms with Gasteiger partial charge in [-0.15, -0.1) is 0 Å². The second-order valence-corrected chi connectivity index (χ2v) is 4.03. The molecule has 86 valence electrons. The van der Waals surface area contributed by atoms with E-state index in [-0.39, 0.29) is 11.7 Å². The smallest absolute Gasteiger partial charge is 0.190 e. The van der Waals surface area contributed by atoms with Crippen molar-refractivity contribution >= 4 is 5.78 Å². The molecule has 0 saturated heterocycles. The fraction of sp³-hybridized carbons (Fsp3) is 0.727. The lowest BCUT2D eigenvalue weighted by molar-refractivity contribution is -0.138. The van der Waals surface area contributed by atoms with E-state index in [1.54, 1.807) is 6.92 Å². The topological polar surface area (TPSA) is 55.8 Å². The molecule has 0 spiro atoms. The average molecular weight is 214 g/mol. The van der Waals surface area contributed by atoms with Gasteiger partial charge >= 0.3 is 0 Å². The number of aliphatic hydroxyl groups is 1. The summed E-state index contributed by atoms with van der Waals surface area (Å²) in [4.78, 5) is 11.7. The van der Waals surface area contributed by atoms with Crippen LogP contribution >= 0.6 is 0 Å². The van der Waals surface area contributed by atoms with Gasteiger partial charge in [-0.05, 0) is 12.8 Å². The van der Waals surface area contributed by atoms with Crippen LogP contribution in [0.15, 0.2) is 11.8 Å². The maximum absolute atomic E-state index is 11.7. The van der Waals surface area contributed by atoms with Crippen LogP contribution in [0.5, 0.6) is 0 Å². The van der Waals surface area contributed by atoms with E-state index in [4.69, 9.17) is 9.47 Å². The van der Waals surface area contributed by atoms with Gasteiger partial charge in [0.15, 0.2) is 5.78 Å². The molecule has 0 aromatic heterocycles. The van der Waals surface area contributed by atoms with Gasteiger partial charge in [-0.3, -0.25) is 4.79 Å². The summed E-state index contributed by atoms with van der Waals surface area (Å²) in [5.74, 6) is 0.339. The first-order valence-corrected chi connectivity index (χ1v) is 5.17. The van der Waals surface area contributed by atoms with Crippen LogP contribution in [0.2, 0.25) is 0 Å². The highest BCUT2D eigenvalue weighted by Crippen LogP contribution is 2.14. The van der Waals surface area contributed by atoms with Crippen LogP contribution in [0.1, 0.15) is 20.8 Å². The largest absolute Gasteiger partial charge is 0.496 e. The van der Waals surface area contributed by atoms with Crippen molar-refractivity contribution in [3.63, 3.8) is 0 Å². The molecular formula is C11H18O4. The van der Waals surface area contributed by atoms with Crippen LogP contribution in [0, 0.1) is 5.92 Å². The summed E-state index contributed by atoms with van der Waals surface area (Å²) >= 11 is 0. The molecule has 0 unspecified atom stereocenters. The van der Waals surface area contributed by atoms with Crippen LogP contribution < -0.4 is 0 Å². The number of rotatable bonds is 2. The fourth-order valence-corrected chi connectivity index (χ4v) is 1.40. The molecule has 2 atom stereocenters. The van der Waals surface area contributed by atoms with Crippen LogP contribution in [0.3, 0.4) is 0 Å². The van der Waals surface area contributed by atoms with E-state index in [0.29, 0.717) is 19.0 Å². The summed E-state index contributed by atoms with van der Waals surface area (Å²) < 4.78 is 10.5. The standard InChI is InChI=1S/C11H18O4/c1-7(2)10(13)11-9(12)6-8(3)14-4-5-15-11/h6-7,10-11,13H,4-5H2,1-3H3/b8-6-/t10-,11-/m1/s1. The first-order chi connectivity index (χ1) is 7.02. The maximum Gasteiger partial charge on any atom is 0.190 e. The number of carbonyl (C=O) groups excluding carboxylic acids is 1. The Balaban J connectivity index is 2.77. The van der Waals surface area contributed by atoms with Gasteiger partial charge in [0.25, 0.3) is 0 Å². The van der Waals surface area contributed by atoms with Gasteiger partial charge < -0.3 is 14.6 Å². The quantitative estimate of drug-likeness (QED) is 0.741. The number of aliphatic hydroxyl groups excluding tert-OH is 1. The minimum atomic E-state index is -0.764. The Labute approximate surface area is 89.9 Å². The lowest BCUT2D eigenvalue weighted by atomic mass is 9.98. The van der Waals surface area contributed by atoms with Crippen LogP contribution in [0.4, 0.5) is 0 Å². The number of hydrogen-bond donors (Lipinski definition) is 1. The van der Waals surface area contributed by atoms with E-state index in [2.05, 4.69) is 0 Å². The number of hydrogen-bond acceptors (Lipinski definition) is 4. The molecule has 1 aliphatic heterocycles. The summed E-state index contributed by atoms with van der Waals surface area (Å²) in [5, 5.41) is 9.81. The van der Waals surface area contributed by atoms with E-state index in [9.17, 15) is 9.90 Å². The fourth-order valence-electron chi connectivity index (χ4n) is 1.40. The van der Waals surface area contributed by atoms with Gasteiger partial charge in [0, 0.05) is 6.08 Å². The van der Waals surface area contributed by atoms with Crippen molar-refractivity contribution in [3.8, 4) is 0 Å². The monoisotopic (exact) mass is 214 g/mol. The van der Waals surface area contributed by atoms with Crippen molar-refractivity contribution in [1.29, 1.82) is 0 Å². The van der Waals surface area contributed by atoms with Crippen LogP contribution in [0.25, 0.3) is 0 Å². The Bertz CT molecular complexity index is 257. The van der Waals surface area contributed by atoms with Crippen molar-refractivity contribution in [3.05, 3.63) is 11.8 Å². The Morgan fingerprint density at radius 3 is 2.73 bits per heavy atom. The molecule has 0 radical (unpaired) electrons. The molecule has 0 bridgehead atoms. The molecule has 1 rings (SSSR count). The van der Waals surface area contributed by atoms with E-state index in [0.717, 1.165) is 0 Å². The highest BCUT2D eigenvalue weighted by Gasteiger charge is 2.29. The summed E-state index contributed by atoms with van der Waals surface area (Å²) in [7, 11) is 0. The number of ketones is 1. The normalized spacial score (nSPS) is 28.7. The first-order valence-electron chi connectivity index (χ1n) is 5.17. The van der Waals surface area contributed by atoms with E-state index >= 15 is 0 Å². The highest BCUT2D eigenvalue weighted by molar-refractivity contribution is 5.94. The lowest BCUT2D eigenvalue weighted by Crippen LogP contribution is -2.40. The molecule has 0 aliphatic carbocycles. The zero-order valence-electron chi connectivity index (χ0n) is 9.40. The SMILES string of the molecule is C/C1=C/C(=O)[C@H]([C@H](O)C(C)C)OCCO1. The molecule has 1 aliphatic rings. The van der Waals surface area contributed by atoms with Gasteiger partial charge in [-0.2, -0.15) is 0 Å². The Kier molecular flexibility index (Phi) is 4.29. The molecule has 0 aromatic rings. The minimum absolute atomic E-state index is 0.00648. The Hall–Kier alpha value is -0.870. The van der Waals surface area contributed by atoms with E-state index in [1.807, 2.05) is 13.8 Å². The molecule has 1 heterocycles. The second kappa shape index (κ2) is 5.28. The van der Waals surface area contributed by atoms with Gasteiger partial charge in [0.05, 0.1) is 18.5 Å². The zero-order chi connectivity index (χ0) is 11.4. The molecule has 15 heavy (non-hydrogen) atoms. The molecule has 0 aromatic carbocycles. The lowest BCUT2D eigenvalue weighted by Gasteiger charge is -2.25. The Morgan fingerprint density at radius 1 is 1.47 bits per heavy atom. The first kappa shape index (κ1) is 12.2. The molecule has 0 saturated carbocycles. The van der Waals surface area contributed by atoms with Crippen molar-refractivity contribution in [1.82, 2.24) is 0 Å². The molecule has 0 fully saturated rings. The van der Waals surface area contributed by atoms with Crippen molar-refractivity contribution in [2.45, 2.75) is 33.0 Å². The third-order valence-corrected chi connectivity index (χ3v) is 2.33. The van der Waals surface area contributed by atoms with Crippen LogP contribution in [-0.2, 0) is 14.3 Å². The molecular weight excluding hydrogens is 196 g/mol. The van der Waals surface area contributed by atoms with Crippen LogP contribution in [-0.4, -0.2) is 36.3 Å². The third kappa shape index (κ3) is 3.32. The van der Waals surface area contributed by atoms with Crippen molar-refractivity contribution in [2.24, 2.45) is 5.92 Å². The zero-order valence-corrected chi connectivity index (χ0v) is 9.40. The van der Waals surface area contributed by atoms with Crippen molar-refractivity contribution < 1.29 is 19.4 Å². The summed E-state index contributed by atoms with van der Waals surface area (Å²) in [6, 6.07) is 0. The number of allylic oxidation sites excluding steroid dienone is 1. The predicted octanol–water partition coefficient (Wildman–Crippen LogP) is 0.892. The summed E-state index contributed by atoms with van der Waals surface area (Å²) in [6.45, 7) is 6.17. The second-order valence-electron chi connectivity index (χ2n) is 4.03. The number of carbonyl (C=O) groups is 1. The van der Waals surface area contributed by atoms with Crippen molar-refractivity contribution in [2.75, 3.05) is 13.2 Å². The van der Waals surface area contributed by atoms with Gasteiger partial charge in [0.2, 0.25) is 0 Å². The molecule has 1 N–H and O–H groups in total. The molecule has 4 nitrogen and oxygen atoms in total. The Morgan fingerprint density at radius 2 is 2.13 bits per heavy atom.